The highest BCUT2D eigenvalue weighted by Crippen LogP contribution is 2.55. The quantitative estimate of drug-likeness (QED) is 0.0650. The van der Waals surface area contributed by atoms with Crippen LogP contribution in [0.4, 0.5) is 0 Å². The number of phosphoric ester groups is 1. The number of phosphoric acid groups is 1. The summed E-state index contributed by atoms with van der Waals surface area (Å²) in [5.74, 6) is 0.769. The van der Waals surface area contributed by atoms with Crippen molar-refractivity contribution < 1.29 is 48.8 Å². The fourth-order valence-corrected chi connectivity index (χ4v) is 8.66. The Morgan fingerprint density at radius 3 is 0.646 bits per heavy atom. The van der Waals surface area contributed by atoms with Gasteiger partial charge in [0.2, 0.25) is 0 Å². The lowest BCUT2D eigenvalue weighted by atomic mass is 9.98. The normalized spacial score (nSPS) is 11.2. The van der Waals surface area contributed by atoms with E-state index < -0.39 is 7.82 Å². The van der Waals surface area contributed by atoms with Gasteiger partial charge in [-0.3, -0.25) is 0 Å². The highest BCUT2D eigenvalue weighted by Gasteiger charge is 2.36. The first kappa shape index (κ1) is 41.7. The Bertz CT molecular complexity index is 2830. The molecular weight excluding hydrogens is 840 g/mol. The third-order valence-corrected chi connectivity index (χ3v) is 12.0. The van der Waals surface area contributed by atoms with Gasteiger partial charge in [0, 0.05) is 16.7 Å². The van der Waals surface area contributed by atoms with E-state index in [2.05, 4.69) is 0 Å². The predicted octanol–water partition coefficient (Wildman–Crippen LogP) is 13.6. The number of aromatic hydroxyl groups is 6. The van der Waals surface area contributed by atoms with Crippen LogP contribution in [-0.4, -0.2) is 30.6 Å². The number of hydrogen-bond acceptors (Lipinski definition) is 10. The Balaban J connectivity index is 1.22. The number of phenols is 6. The molecule has 0 aromatic heterocycles. The van der Waals surface area contributed by atoms with Crippen LogP contribution in [0, 0.1) is 0 Å². The molecule has 6 N–H and O–H groups in total. The van der Waals surface area contributed by atoms with E-state index in [0.29, 0.717) is 33.4 Å². The third-order valence-electron chi connectivity index (χ3n) is 10.7. The van der Waals surface area contributed by atoms with Crippen LogP contribution in [0.15, 0.2) is 200 Å². The van der Waals surface area contributed by atoms with Crippen molar-refractivity contribution in [1.29, 1.82) is 0 Å². The topological polar surface area (TPSA) is 166 Å². The summed E-state index contributed by atoms with van der Waals surface area (Å²) >= 11 is 0. The van der Waals surface area contributed by atoms with E-state index in [1.807, 2.05) is 18.2 Å². The summed E-state index contributed by atoms with van der Waals surface area (Å²) in [6, 6.07) is 55.2. The number of benzene rings is 9. The van der Waals surface area contributed by atoms with Gasteiger partial charge in [0.05, 0.1) is 0 Å². The second kappa shape index (κ2) is 17.6. The van der Waals surface area contributed by atoms with Crippen LogP contribution in [0.25, 0.3) is 66.8 Å². The van der Waals surface area contributed by atoms with Crippen LogP contribution in [0.5, 0.6) is 51.7 Å². The van der Waals surface area contributed by atoms with Crippen molar-refractivity contribution in [3.8, 4) is 119 Å². The molecule has 0 fully saturated rings. The number of phenolic OH excluding ortho intramolecular Hbond substituents is 6. The van der Waals surface area contributed by atoms with Crippen LogP contribution < -0.4 is 13.6 Å². The molecule has 10 nitrogen and oxygen atoms in total. The van der Waals surface area contributed by atoms with Crippen molar-refractivity contribution >= 4 is 7.82 Å². The van der Waals surface area contributed by atoms with E-state index in [1.54, 1.807) is 146 Å². The largest absolute Gasteiger partial charge is 0.647 e. The molecule has 0 aliphatic rings. The minimum Gasteiger partial charge on any atom is -0.508 e. The van der Waals surface area contributed by atoms with E-state index in [-0.39, 0.29) is 51.7 Å². The first-order valence-corrected chi connectivity index (χ1v) is 21.8. The molecule has 0 saturated carbocycles. The average Bonchev–Trinajstić information content (AvgIpc) is 3.31. The van der Waals surface area contributed by atoms with Crippen LogP contribution in [0.3, 0.4) is 0 Å². The molecular formula is C54H39O10P. The maximum Gasteiger partial charge on any atom is 0.647 e. The third kappa shape index (κ3) is 9.44. The zero-order valence-corrected chi connectivity index (χ0v) is 35.2. The average molecular weight is 879 g/mol. The highest BCUT2D eigenvalue weighted by atomic mass is 31.2. The summed E-state index contributed by atoms with van der Waals surface area (Å²) in [4.78, 5) is 0. The Hall–Kier alpha value is -8.59. The molecule has 0 unspecified atom stereocenters. The van der Waals surface area contributed by atoms with Gasteiger partial charge in [0.15, 0.2) is 0 Å². The van der Waals surface area contributed by atoms with Gasteiger partial charge in [-0.05, 0) is 159 Å². The molecule has 11 heteroatoms. The van der Waals surface area contributed by atoms with Crippen molar-refractivity contribution in [1.82, 2.24) is 0 Å². The monoisotopic (exact) mass is 878 g/mol. The van der Waals surface area contributed by atoms with Crippen LogP contribution >= 0.6 is 7.82 Å². The summed E-state index contributed by atoms with van der Waals surface area (Å²) in [6.45, 7) is 0. The van der Waals surface area contributed by atoms with Crippen molar-refractivity contribution in [2.45, 2.75) is 0 Å². The van der Waals surface area contributed by atoms with Gasteiger partial charge in [-0.15, -0.1) is 0 Å². The Morgan fingerprint density at radius 2 is 0.431 bits per heavy atom. The van der Waals surface area contributed by atoms with E-state index in [9.17, 15) is 30.6 Å². The molecule has 0 bridgehead atoms. The fourth-order valence-electron chi connectivity index (χ4n) is 7.35. The molecule has 0 amide bonds. The molecule has 9 aromatic carbocycles. The molecule has 0 atom stereocenters. The SMILES string of the molecule is O=P(Oc1ccc(-c2ccc(O)cc2)cc1-c1ccc(O)cc1)(Oc1ccc(-c2ccc(O)cc2)cc1-c1ccc(O)cc1)Oc1ccc(-c2ccc(O)cc2)cc1-c1ccc(O)cc1. The summed E-state index contributed by atoms with van der Waals surface area (Å²) < 4.78 is 35.7. The number of rotatable bonds is 12. The van der Waals surface area contributed by atoms with E-state index in [4.69, 9.17) is 13.6 Å². The Morgan fingerprint density at radius 1 is 0.246 bits per heavy atom. The molecule has 0 radical (unpaired) electrons. The molecule has 0 saturated heterocycles. The van der Waals surface area contributed by atoms with E-state index in [1.165, 1.54) is 36.4 Å². The summed E-state index contributed by atoms with van der Waals surface area (Å²) in [5.41, 5.74) is 7.84. The van der Waals surface area contributed by atoms with Gasteiger partial charge < -0.3 is 44.2 Å². The lowest BCUT2D eigenvalue weighted by Crippen LogP contribution is -2.09. The van der Waals surface area contributed by atoms with Gasteiger partial charge in [0.25, 0.3) is 0 Å². The maximum atomic E-state index is 15.9. The fraction of sp³-hybridized carbons (Fsp3) is 0. The Kier molecular flexibility index (Phi) is 11.3. The number of hydrogen-bond donors (Lipinski definition) is 6. The van der Waals surface area contributed by atoms with Gasteiger partial charge in [-0.1, -0.05) is 91.0 Å². The molecule has 0 spiro atoms. The van der Waals surface area contributed by atoms with Gasteiger partial charge in [0.1, 0.15) is 51.7 Å². The second-order valence-corrected chi connectivity index (χ2v) is 16.6. The van der Waals surface area contributed by atoms with Gasteiger partial charge in [-0.25, -0.2) is 0 Å². The first-order chi connectivity index (χ1) is 31.4. The standard InChI is InChI=1S/C54H39O10P/c55-43-16-1-34(2-17-43)40-13-28-52(49(31-40)37-7-22-46(58)23-8-37)62-65(61,63-53-29-14-41(35-3-18-44(56)19-4-35)32-50(53)38-9-24-47(59)25-10-38)64-54-30-15-42(36-5-20-45(57)21-6-36)33-51(54)39-11-26-48(60)27-12-39/h1-33,55-60H. The second-order valence-electron chi connectivity index (χ2n) is 15.1. The van der Waals surface area contributed by atoms with Crippen molar-refractivity contribution in [2.24, 2.45) is 0 Å². The predicted molar refractivity (Wildman–Crippen MR) is 251 cm³/mol. The molecule has 320 valence electrons. The molecule has 0 heterocycles. The molecule has 0 aliphatic heterocycles. The lowest BCUT2D eigenvalue weighted by Gasteiger charge is -2.24. The van der Waals surface area contributed by atoms with Gasteiger partial charge >= 0.3 is 7.82 Å². The summed E-state index contributed by atoms with van der Waals surface area (Å²) in [6.07, 6.45) is 0. The minimum atomic E-state index is -4.88. The van der Waals surface area contributed by atoms with Crippen molar-refractivity contribution in [2.75, 3.05) is 0 Å². The van der Waals surface area contributed by atoms with Crippen LogP contribution in [-0.2, 0) is 4.57 Å². The molecule has 0 aliphatic carbocycles. The van der Waals surface area contributed by atoms with Gasteiger partial charge in [-0.2, -0.15) is 4.57 Å². The summed E-state index contributed by atoms with van der Waals surface area (Å²) in [7, 11) is -4.88. The van der Waals surface area contributed by atoms with E-state index >= 15 is 4.57 Å². The maximum absolute atomic E-state index is 15.9. The summed E-state index contributed by atoms with van der Waals surface area (Å²) in [5, 5.41) is 60.7. The minimum absolute atomic E-state index is 0.0401. The highest BCUT2D eigenvalue weighted by molar-refractivity contribution is 7.49. The zero-order chi connectivity index (χ0) is 45.1. The van der Waals surface area contributed by atoms with Crippen LogP contribution in [0.2, 0.25) is 0 Å². The van der Waals surface area contributed by atoms with E-state index in [0.717, 1.165) is 33.4 Å². The smallest absolute Gasteiger partial charge is 0.508 e. The molecule has 9 rings (SSSR count). The Labute approximate surface area is 374 Å². The van der Waals surface area contributed by atoms with Crippen molar-refractivity contribution in [3.05, 3.63) is 200 Å². The molecule has 9 aromatic rings. The van der Waals surface area contributed by atoms with Crippen molar-refractivity contribution in [3.63, 3.8) is 0 Å². The molecule has 65 heavy (non-hydrogen) atoms. The first-order valence-electron chi connectivity index (χ1n) is 20.3. The zero-order valence-electron chi connectivity index (χ0n) is 34.3. The lowest BCUT2D eigenvalue weighted by molar-refractivity contribution is 0.299. The van der Waals surface area contributed by atoms with Crippen LogP contribution in [0.1, 0.15) is 0 Å².